The van der Waals surface area contributed by atoms with Crippen molar-refractivity contribution in [2.24, 2.45) is 5.73 Å². The summed E-state index contributed by atoms with van der Waals surface area (Å²) in [4.78, 5) is 22.4. The maximum Gasteiger partial charge on any atom is 0.268 e. The molecule has 4 heterocycles. The van der Waals surface area contributed by atoms with Gasteiger partial charge in [0.1, 0.15) is 22.1 Å². The molecule has 158 valence electrons. The van der Waals surface area contributed by atoms with E-state index in [0.717, 1.165) is 35.5 Å². The van der Waals surface area contributed by atoms with Gasteiger partial charge in [-0.3, -0.25) is 14.5 Å². The Bertz CT molecular complexity index is 1220. The molecule has 4 aromatic heterocycles. The van der Waals surface area contributed by atoms with Crippen LogP contribution in [-0.4, -0.2) is 60.5 Å². The number of carbonyl (C=O) groups is 1. The highest BCUT2D eigenvalue weighted by Gasteiger charge is 2.33. The molecule has 1 aliphatic carbocycles. The van der Waals surface area contributed by atoms with Crippen LogP contribution in [0, 0.1) is 0 Å². The van der Waals surface area contributed by atoms with Crippen LogP contribution in [0.1, 0.15) is 29.4 Å². The summed E-state index contributed by atoms with van der Waals surface area (Å²) in [7, 11) is 4.23. The summed E-state index contributed by atoms with van der Waals surface area (Å²) in [6.07, 6.45) is 9.55. The monoisotopic (exact) mass is 434 g/mol. The number of hydrogen-bond donors (Lipinski definition) is 1. The lowest BCUT2D eigenvalue weighted by atomic mass is 9.86. The summed E-state index contributed by atoms with van der Waals surface area (Å²) < 4.78 is 3.82. The fourth-order valence-corrected chi connectivity index (χ4v) is 4.49. The van der Waals surface area contributed by atoms with E-state index >= 15 is 0 Å². The molecule has 4 aromatic rings. The zero-order valence-corrected chi connectivity index (χ0v) is 18.0. The van der Waals surface area contributed by atoms with E-state index in [4.69, 9.17) is 10.8 Å². The van der Waals surface area contributed by atoms with Crippen molar-refractivity contribution in [3.63, 3.8) is 0 Å². The van der Waals surface area contributed by atoms with Gasteiger partial charge in [-0.25, -0.2) is 9.67 Å². The van der Waals surface area contributed by atoms with Crippen molar-refractivity contribution in [2.45, 2.75) is 24.9 Å². The van der Waals surface area contributed by atoms with E-state index in [1.807, 2.05) is 35.3 Å². The Morgan fingerprint density at radius 3 is 2.77 bits per heavy atom. The van der Waals surface area contributed by atoms with Gasteiger partial charge in [-0.2, -0.15) is 10.2 Å². The SMILES string of the molecule is CN(C)C1CC(n2cc(-n3cc(-c4nc(C(N)=O)cs4)cn3)c(-c3ccccn3)n2)C1. The van der Waals surface area contributed by atoms with Crippen molar-refractivity contribution in [1.29, 1.82) is 0 Å². The van der Waals surface area contributed by atoms with E-state index in [0.29, 0.717) is 17.1 Å². The minimum atomic E-state index is -0.537. The predicted molar refractivity (Wildman–Crippen MR) is 118 cm³/mol. The molecule has 0 spiro atoms. The number of carbonyl (C=O) groups excluding carboxylic acids is 1. The number of amides is 1. The van der Waals surface area contributed by atoms with E-state index in [2.05, 4.69) is 34.1 Å². The molecule has 0 aromatic carbocycles. The van der Waals surface area contributed by atoms with E-state index in [1.165, 1.54) is 11.3 Å². The lowest BCUT2D eigenvalue weighted by Crippen LogP contribution is -2.41. The molecule has 2 N–H and O–H groups in total. The average Bonchev–Trinajstić information content (AvgIpc) is 3.45. The molecular formula is C21H22N8OS. The molecular weight excluding hydrogens is 412 g/mol. The summed E-state index contributed by atoms with van der Waals surface area (Å²) in [6, 6.07) is 6.72. The van der Waals surface area contributed by atoms with Gasteiger partial charge in [0.2, 0.25) is 0 Å². The Morgan fingerprint density at radius 1 is 1.26 bits per heavy atom. The van der Waals surface area contributed by atoms with E-state index in [9.17, 15) is 4.79 Å². The highest BCUT2D eigenvalue weighted by atomic mass is 32.1. The molecule has 1 saturated carbocycles. The zero-order valence-electron chi connectivity index (χ0n) is 17.2. The topological polar surface area (TPSA) is 108 Å². The van der Waals surface area contributed by atoms with Gasteiger partial charge in [-0.1, -0.05) is 6.07 Å². The maximum absolute atomic E-state index is 11.4. The number of nitrogens with zero attached hydrogens (tertiary/aromatic N) is 7. The third-order valence-electron chi connectivity index (χ3n) is 5.65. The van der Waals surface area contributed by atoms with E-state index < -0.39 is 5.91 Å². The van der Waals surface area contributed by atoms with Gasteiger partial charge in [0, 0.05) is 29.4 Å². The molecule has 10 heteroatoms. The first kappa shape index (κ1) is 19.6. The Kier molecular flexibility index (Phi) is 4.87. The number of rotatable bonds is 6. The summed E-state index contributed by atoms with van der Waals surface area (Å²) in [5.74, 6) is -0.537. The Labute approximate surface area is 183 Å². The molecule has 0 radical (unpaired) electrons. The molecule has 31 heavy (non-hydrogen) atoms. The van der Waals surface area contributed by atoms with Crippen LogP contribution in [0.2, 0.25) is 0 Å². The number of thiazole rings is 1. The molecule has 0 unspecified atom stereocenters. The van der Waals surface area contributed by atoms with Gasteiger partial charge in [-0.05, 0) is 39.1 Å². The second kappa shape index (κ2) is 7.71. The fourth-order valence-electron chi connectivity index (χ4n) is 3.70. The number of aromatic nitrogens is 6. The van der Waals surface area contributed by atoms with Crippen molar-refractivity contribution in [2.75, 3.05) is 14.1 Å². The predicted octanol–water partition coefficient (Wildman–Crippen LogP) is 2.62. The first-order valence-corrected chi connectivity index (χ1v) is 10.9. The summed E-state index contributed by atoms with van der Waals surface area (Å²) in [5.41, 5.74) is 8.82. The third kappa shape index (κ3) is 3.64. The van der Waals surface area contributed by atoms with Crippen molar-refractivity contribution >= 4 is 17.2 Å². The Balaban J connectivity index is 1.51. The van der Waals surface area contributed by atoms with Crippen LogP contribution in [-0.2, 0) is 0 Å². The highest BCUT2D eigenvalue weighted by Crippen LogP contribution is 2.36. The van der Waals surface area contributed by atoms with Crippen molar-refractivity contribution in [3.05, 3.63) is 54.1 Å². The summed E-state index contributed by atoms with van der Waals surface area (Å²) in [6.45, 7) is 0. The molecule has 0 aliphatic heterocycles. The van der Waals surface area contributed by atoms with Crippen molar-refractivity contribution in [3.8, 4) is 27.6 Å². The van der Waals surface area contributed by atoms with Gasteiger partial charge in [0.15, 0.2) is 0 Å². The van der Waals surface area contributed by atoms with Gasteiger partial charge in [0.25, 0.3) is 5.91 Å². The van der Waals surface area contributed by atoms with Gasteiger partial charge >= 0.3 is 0 Å². The van der Waals surface area contributed by atoms with Crippen LogP contribution in [0.25, 0.3) is 27.6 Å². The number of pyridine rings is 1. The standard InChI is InChI=1S/C21H22N8OS/c1-27(2)14-7-15(8-14)28-11-18(19(26-28)16-5-3-4-6-23-16)29-10-13(9-24-29)21-25-17(12-31-21)20(22)30/h3-6,9-12,14-15H,7-8H2,1-2H3,(H2,22,30). The lowest BCUT2D eigenvalue weighted by molar-refractivity contribution is 0.0996. The number of nitrogens with two attached hydrogens (primary N) is 1. The second-order valence-corrected chi connectivity index (χ2v) is 8.73. The molecule has 9 nitrogen and oxygen atoms in total. The van der Waals surface area contributed by atoms with E-state index in [-0.39, 0.29) is 5.69 Å². The van der Waals surface area contributed by atoms with Crippen LogP contribution in [0.4, 0.5) is 0 Å². The average molecular weight is 435 g/mol. The normalized spacial score (nSPS) is 18.3. The van der Waals surface area contributed by atoms with Crippen LogP contribution in [0.15, 0.2) is 48.4 Å². The maximum atomic E-state index is 11.4. The van der Waals surface area contributed by atoms with E-state index in [1.54, 1.807) is 22.5 Å². The molecule has 1 amide bonds. The summed E-state index contributed by atoms with van der Waals surface area (Å²) >= 11 is 1.36. The third-order valence-corrected chi connectivity index (χ3v) is 6.54. The van der Waals surface area contributed by atoms with Crippen LogP contribution in [0.3, 0.4) is 0 Å². The Hall–Kier alpha value is -3.37. The molecule has 0 atom stereocenters. The van der Waals surface area contributed by atoms with Crippen LogP contribution in [0.5, 0.6) is 0 Å². The number of primary amides is 1. The summed E-state index contributed by atoms with van der Waals surface area (Å²) in [5, 5.41) is 11.8. The first-order chi connectivity index (χ1) is 15.0. The molecule has 1 aliphatic rings. The smallest absolute Gasteiger partial charge is 0.268 e. The van der Waals surface area contributed by atoms with Crippen LogP contribution < -0.4 is 5.73 Å². The van der Waals surface area contributed by atoms with Crippen LogP contribution >= 0.6 is 11.3 Å². The number of hydrogen-bond acceptors (Lipinski definition) is 7. The lowest BCUT2D eigenvalue weighted by Gasteiger charge is -2.39. The van der Waals surface area contributed by atoms with Gasteiger partial charge in [-0.15, -0.1) is 11.3 Å². The zero-order chi connectivity index (χ0) is 21.5. The molecule has 1 fully saturated rings. The Morgan fingerprint density at radius 2 is 2.10 bits per heavy atom. The second-order valence-electron chi connectivity index (χ2n) is 7.88. The quantitative estimate of drug-likeness (QED) is 0.500. The minimum Gasteiger partial charge on any atom is -0.364 e. The fraction of sp³-hybridized carbons (Fsp3) is 0.286. The largest absolute Gasteiger partial charge is 0.364 e. The minimum absolute atomic E-state index is 0.259. The van der Waals surface area contributed by atoms with Gasteiger partial charge < -0.3 is 10.6 Å². The molecule has 5 rings (SSSR count). The first-order valence-electron chi connectivity index (χ1n) is 9.97. The highest BCUT2D eigenvalue weighted by molar-refractivity contribution is 7.13. The van der Waals surface area contributed by atoms with Gasteiger partial charge in [0.05, 0.1) is 24.1 Å². The molecule has 0 saturated heterocycles. The van der Waals surface area contributed by atoms with Crippen molar-refractivity contribution < 1.29 is 4.79 Å². The molecule has 0 bridgehead atoms. The van der Waals surface area contributed by atoms with Crippen molar-refractivity contribution in [1.82, 2.24) is 34.4 Å².